The van der Waals surface area contributed by atoms with Gasteiger partial charge in [-0.3, -0.25) is 10.1 Å². The van der Waals surface area contributed by atoms with E-state index >= 15 is 0 Å². The van der Waals surface area contributed by atoms with Crippen LogP contribution in [0, 0.1) is 27.4 Å². The van der Waals surface area contributed by atoms with Gasteiger partial charge in [-0.2, -0.15) is 17.0 Å². The lowest BCUT2D eigenvalue weighted by Gasteiger charge is -2.22. The predicted molar refractivity (Wildman–Crippen MR) is 76.4 cm³/mol. The quantitative estimate of drug-likeness (QED) is 0.676. The molecule has 0 spiro atoms. The lowest BCUT2D eigenvalue weighted by Crippen LogP contribution is -2.19. The molecule has 0 radical (unpaired) electrons. The average Bonchev–Trinajstić information content (AvgIpc) is 2.46. The molecule has 0 unspecified atom stereocenters. The van der Waals surface area contributed by atoms with Gasteiger partial charge in [-0.25, -0.2) is 0 Å². The van der Waals surface area contributed by atoms with Gasteiger partial charge < -0.3 is 5.32 Å². The number of hydrogen-bond donors (Lipinski definition) is 1. The summed E-state index contributed by atoms with van der Waals surface area (Å²) in [5, 5.41) is 22.9. The van der Waals surface area contributed by atoms with Gasteiger partial charge in [0.1, 0.15) is 11.6 Å². The van der Waals surface area contributed by atoms with Crippen molar-refractivity contribution in [3.63, 3.8) is 0 Å². The summed E-state index contributed by atoms with van der Waals surface area (Å²) in [6.45, 7) is 0.837. The van der Waals surface area contributed by atoms with E-state index in [1.165, 1.54) is 36.5 Å². The van der Waals surface area contributed by atoms with E-state index in [4.69, 9.17) is 5.26 Å². The van der Waals surface area contributed by atoms with Crippen LogP contribution >= 0.6 is 11.8 Å². The van der Waals surface area contributed by atoms with Crippen molar-refractivity contribution in [2.24, 2.45) is 5.92 Å². The third-order valence-corrected chi connectivity index (χ3v) is 4.30. The molecule has 6 heteroatoms. The third-order valence-electron chi connectivity index (χ3n) is 3.25. The summed E-state index contributed by atoms with van der Waals surface area (Å²) < 4.78 is 0. The molecule has 0 amide bonds. The Bertz CT molecular complexity index is 507. The maximum absolute atomic E-state index is 10.9. The maximum atomic E-state index is 10.9. The Balaban J connectivity index is 2.02. The molecule has 2 rings (SSSR count). The summed E-state index contributed by atoms with van der Waals surface area (Å²) in [5.41, 5.74) is 0.681. The molecular weight excluding hydrogens is 262 g/mol. The smallest absolute Gasteiger partial charge is 0.289 e. The molecule has 1 aliphatic heterocycles. The zero-order valence-electron chi connectivity index (χ0n) is 10.5. The lowest BCUT2D eigenvalue weighted by atomic mass is 10.0. The summed E-state index contributed by atoms with van der Waals surface area (Å²) in [6, 6.07) is 6.50. The molecule has 0 aromatic heterocycles. The number of benzene rings is 1. The van der Waals surface area contributed by atoms with Crippen molar-refractivity contribution < 1.29 is 4.92 Å². The summed E-state index contributed by atoms with van der Waals surface area (Å²) >= 11 is 1.98. The number of thioether (sulfide) groups is 1. The van der Waals surface area contributed by atoms with Gasteiger partial charge in [0.15, 0.2) is 0 Å². The van der Waals surface area contributed by atoms with E-state index in [-0.39, 0.29) is 11.3 Å². The van der Waals surface area contributed by atoms with Crippen LogP contribution in [0.3, 0.4) is 0 Å². The minimum absolute atomic E-state index is 0.101. The SMILES string of the molecule is N#Cc1ccc(NCC2CCSCC2)cc1[N+](=O)[O-]. The first-order valence-corrected chi connectivity index (χ1v) is 7.36. The highest BCUT2D eigenvalue weighted by Gasteiger charge is 2.16. The summed E-state index contributed by atoms with van der Waals surface area (Å²) in [5.74, 6) is 3.02. The second kappa shape index (κ2) is 6.43. The predicted octanol–water partition coefficient (Wildman–Crippen LogP) is 3.02. The fourth-order valence-electron chi connectivity index (χ4n) is 2.10. The molecular formula is C13H15N3O2S. The summed E-state index contributed by atoms with van der Waals surface area (Å²) in [6.07, 6.45) is 2.38. The Morgan fingerprint density at radius 3 is 2.84 bits per heavy atom. The molecule has 0 bridgehead atoms. The van der Waals surface area contributed by atoms with Crippen molar-refractivity contribution in [1.82, 2.24) is 0 Å². The Kier molecular flexibility index (Phi) is 4.63. The van der Waals surface area contributed by atoms with Crippen molar-refractivity contribution >= 4 is 23.1 Å². The van der Waals surface area contributed by atoms with Crippen LogP contribution in [0.4, 0.5) is 11.4 Å². The van der Waals surface area contributed by atoms with Crippen molar-refractivity contribution in [2.75, 3.05) is 23.4 Å². The van der Waals surface area contributed by atoms with Crippen LogP contribution in [-0.2, 0) is 0 Å². The first kappa shape index (κ1) is 13.7. The van der Waals surface area contributed by atoms with E-state index in [2.05, 4.69) is 5.32 Å². The number of nitriles is 1. The van der Waals surface area contributed by atoms with E-state index in [1.54, 1.807) is 6.07 Å². The number of nitrogens with zero attached hydrogens (tertiary/aromatic N) is 2. The number of nitrogens with one attached hydrogen (secondary N) is 1. The standard InChI is InChI=1S/C13H15N3O2S/c14-8-11-1-2-12(7-13(11)16(17)18)15-9-10-3-5-19-6-4-10/h1-2,7,10,15H,3-6,9H2. The molecule has 1 aliphatic rings. The summed E-state index contributed by atoms with van der Waals surface area (Å²) in [7, 11) is 0. The number of rotatable bonds is 4. The van der Waals surface area contributed by atoms with Crippen LogP contribution in [0.15, 0.2) is 18.2 Å². The molecule has 1 aromatic rings. The van der Waals surface area contributed by atoms with Gasteiger partial charge in [-0.05, 0) is 42.4 Å². The van der Waals surface area contributed by atoms with E-state index in [0.717, 1.165) is 6.54 Å². The lowest BCUT2D eigenvalue weighted by molar-refractivity contribution is -0.385. The maximum Gasteiger partial charge on any atom is 0.289 e. The van der Waals surface area contributed by atoms with Gasteiger partial charge in [0.05, 0.1) is 4.92 Å². The zero-order valence-corrected chi connectivity index (χ0v) is 11.3. The van der Waals surface area contributed by atoms with E-state index in [1.807, 2.05) is 17.8 Å². The Labute approximate surface area is 116 Å². The molecule has 1 N–H and O–H groups in total. The second-order valence-electron chi connectivity index (χ2n) is 4.54. The minimum Gasteiger partial charge on any atom is -0.385 e. The van der Waals surface area contributed by atoms with Crippen molar-refractivity contribution in [1.29, 1.82) is 5.26 Å². The Hall–Kier alpha value is -1.74. The molecule has 100 valence electrons. The largest absolute Gasteiger partial charge is 0.385 e. The molecule has 0 saturated carbocycles. The van der Waals surface area contributed by atoms with E-state index in [0.29, 0.717) is 11.6 Å². The minimum atomic E-state index is -0.513. The fourth-order valence-corrected chi connectivity index (χ4v) is 3.30. The molecule has 5 nitrogen and oxygen atoms in total. The highest BCUT2D eigenvalue weighted by molar-refractivity contribution is 7.99. The second-order valence-corrected chi connectivity index (χ2v) is 5.76. The third kappa shape index (κ3) is 3.61. The van der Waals surface area contributed by atoms with Crippen LogP contribution < -0.4 is 5.32 Å². The van der Waals surface area contributed by atoms with E-state index in [9.17, 15) is 10.1 Å². The van der Waals surface area contributed by atoms with Gasteiger partial charge in [0.25, 0.3) is 5.69 Å². The van der Waals surface area contributed by atoms with Gasteiger partial charge in [0, 0.05) is 18.3 Å². The topological polar surface area (TPSA) is 79.0 Å². The van der Waals surface area contributed by atoms with Gasteiger partial charge in [-0.15, -0.1) is 0 Å². The van der Waals surface area contributed by atoms with Crippen LogP contribution in [0.2, 0.25) is 0 Å². The summed E-state index contributed by atoms with van der Waals surface area (Å²) in [4.78, 5) is 10.3. The van der Waals surface area contributed by atoms with Crippen molar-refractivity contribution in [3.8, 4) is 6.07 Å². The van der Waals surface area contributed by atoms with Crippen molar-refractivity contribution in [2.45, 2.75) is 12.8 Å². The molecule has 1 aromatic carbocycles. The molecule has 1 saturated heterocycles. The molecule has 0 atom stereocenters. The monoisotopic (exact) mass is 277 g/mol. The average molecular weight is 277 g/mol. The number of hydrogen-bond acceptors (Lipinski definition) is 5. The fraction of sp³-hybridized carbons (Fsp3) is 0.462. The number of nitro benzene ring substituents is 1. The highest BCUT2D eigenvalue weighted by Crippen LogP contribution is 2.25. The Morgan fingerprint density at radius 2 is 2.21 bits per heavy atom. The normalized spacial score (nSPS) is 15.7. The van der Waals surface area contributed by atoms with Crippen LogP contribution in [-0.4, -0.2) is 23.0 Å². The van der Waals surface area contributed by atoms with Crippen molar-refractivity contribution in [3.05, 3.63) is 33.9 Å². The zero-order chi connectivity index (χ0) is 13.7. The van der Waals surface area contributed by atoms with Crippen LogP contribution in [0.5, 0.6) is 0 Å². The highest BCUT2D eigenvalue weighted by atomic mass is 32.2. The number of anilines is 1. The number of nitro groups is 1. The van der Waals surface area contributed by atoms with Crippen LogP contribution in [0.25, 0.3) is 0 Å². The molecule has 19 heavy (non-hydrogen) atoms. The molecule has 1 heterocycles. The molecule has 0 aliphatic carbocycles. The Morgan fingerprint density at radius 1 is 1.47 bits per heavy atom. The van der Waals surface area contributed by atoms with Gasteiger partial charge in [-0.1, -0.05) is 0 Å². The molecule has 1 fully saturated rings. The van der Waals surface area contributed by atoms with Gasteiger partial charge >= 0.3 is 0 Å². The first-order valence-electron chi connectivity index (χ1n) is 6.21. The van der Waals surface area contributed by atoms with E-state index < -0.39 is 4.92 Å². The van der Waals surface area contributed by atoms with Gasteiger partial charge in [0.2, 0.25) is 0 Å². The first-order chi connectivity index (χ1) is 9.20. The van der Waals surface area contributed by atoms with Crippen LogP contribution in [0.1, 0.15) is 18.4 Å².